The van der Waals surface area contributed by atoms with E-state index in [0.29, 0.717) is 10.6 Å². The number of rotatable bonds is 6. The van der Waals surface area contributed by atoms with Gasteiger partial charge in [-0.1, -0.05) is 17.8 Å². The molecule has 3 rings (SSSR count). The number of benzene rings is 2. The molecule has 136 valence electrons. The third-order valence-corrected chi connectivity index (χ3v) is 4.41. The second-order valence-electron chi connectivity index (χ2n) is 5.44. The number of thioether (sulfide) groups is 1. The number of Topliss-reactive ketones (excluding diaryl/α,β-unsaturated/α-hetero) is 1. The van der Waals surface area contributed by atoms with Gasteiger partial charge in [-0.25, -0.2) is 8.78 Å². The van der Waals surface area contributed by atoms with Crippen molar-refractivity contribution in [1.82, 2.24) is 10.2 Å². The van der Waals surface area contributed by atoms with Crippen molar-refractivity contribution in [3.8, 4) is 0 Å². The summed E-state index contributed by atoms with van der Waals surface area (Å²) >= 11 is 1.17. The molecule has 5 nitrogen and oxygen atoms in total. The Morgan fingerprint density at radius 3 is 2.33 bits per heavy atom. The highest BCUT2D eigenvalue weighted by Gasteiger charge is 2.10. The maximum atomic E-state index is 13.2. The summed E-state index contributed by atoms with van der Waals surface area (Å²) < 4.78 is 26.0. The number of ketones is 1. The molecule has 0 fully saturated rings. The number of aromatic nitrogens is 2. The SMILES string of the molecule is O=C(CSc1ccc(NC(=O)c2cccc(F)c2)nn1)c1ccc(F)cc1. The Morgan fingerprint density at radius 1 is 0.889 bits per heavy atom. The zero-order valence-electron chi connectivity index (χ0n) is 13.9. The molecule has 0 aliphatic carbocycles. The van der Waals surface area contributed by atoms with E-state index in [9.17, 15) is 18.4 Å². The fraction of sp³-hybridized carbons (Fsp3) is 0.0526. The van der Waals surface area contributed by atoms with Crippen LogP contribution >= 0.6 is 11.8 Å². The lowest BCUT2D eigenvalue weighted by atomic mass is 10.1. The van der Waals surface area contributed by atoms with Gasteiger partial charge < -0.3 is 5.32 Å². The average Bonchev–Trinajstić information content (AvgIpc) is 2.68. The molecule has 3 aromatic rings. The van der Waals surface area contributed by atoms with Crippen molar-refractivity contribution in [2.75, 3.05) is 11.1 Å². The van der Waals surface area contributed by atoms with Gasteiger partial charge in [0.15, 0.2) is 11.6 Å². The summed E-state index contributed by atoms with van der Waals surface area (Å²) in [4.78, 5) is 24.1. The Hall–Kier alpha value is -3.13. The number of carbonyl (C=O) groups excluding carboxylic acids is 2. The number of carbonyl (C=O) groups is 2. The van der Waals surface area contributed by atoms with Crippen LogP contribution in [0.4, 0.5) is 14.6 Å². The van der Waals surface area contributed by atoms with E-state index in [1.54, 1.807) is 6.07 Å². The van der Waals surface area contributed by atoms with Crippen molar-refractivity contribution in [1.29, 1.82) is 0 Å². The van der Waals surface area contributed by atoms with Crippen LogP contribution in [0.1, 0.15) is 20.7 Å². The van der Waals surface area contributed by atoms with Crippen LogP contribution in [0.2, 0.25) is 0 Å². The fourth-order valence-electron chi connectivity index (χ4n) is 2.14. The highest BCUT2D eigenvalue weighted by Crippen LogP contribution is 2.18. The number of hydrogen-bond donors (Lipinski definition) is 1. The van der Waals surface area contributed by atoms with Crippen molar-refractivity contribution >= 4 is 29.3 Å². The van der Waals surface area contributed by atoms with E-state index in [0.717, 1.165) is 6.07 Å². The Bertz CT molecular complexity index is 963. The van der Waals surface area contributed by atoms with Crippen LogP contribution in [0.5, 0.6) is 0 Å². The van der Waals surface area contributed by atoms with Crippen LogP contribution in [-0.4, -0.2) is 27.6 Å². The Morgan fingerprint density at radius 2 is 1.67 bits per heavy atom. The minimum Gasteiger partial charge on any atom is -0.305 e. The van der Waals surface area contributed by atoms with Gasteiger partial charge in [-0.3, -0.25) is 9.59 Å². The molecule has 0 radical (unpaired) electrons. The minimum atomic E-state index is -0.508. The van der Waals surface area contributed by atoms with E-state index in [2.05, 4.69) is 15.5 Å². The number of halogens is 2. The van der Waals surface area contributed by atoms with Crippen LogP contribution in [0.3, 0.4) is 0 Å². The maximum absolute atomic E-state index is 13.2. The monoisotopic (exact) mass is 385 g/mol. The molecule has 1 heterocycles. The van der Waals surface area contributed by atoms with Crippen LogP contribution < -0.4 is 5.32 Å². The largest absolute Gasteiger partial charge is 0.305 e. The summed E-state index contributed by atoms with van der Waals surface area (Å²) in [5.41, 5.74) is 0.580. The maximum Gasteiger partial charge on any atom is 0.256 e. The topological polar surface area (TPSA) is 72.0 Å². The molecule has 27 heavy (non-hydrogen) atoms. The van der Waals surface area contributed by atoms with Crippen molar-refractivity contribution in [2.45, 2.75) is 5.03 Å². The summed E-state index contributed by atoms with van der Waals surface area (Å²) in [7, 11) is 0. The number of amides is 1. The van der Waals surface area contributed by atoms with Crippen LogP contribution in [0, 0.1) is 11.6 Å². The smallest absolute Gasteiger partial charge is 0.256 e. The highest BCUT2D eigenvalue weighted by atomic mass is 32.2. The summed E-state index contributed by atoms with van der Waals surface area (Å²) in [5, 5.41) is 10.8. The molecule has 1 aromatic heterocycles. The second-order valence-corrected chi connectivity index (χ2v) is 6.44. The normalized spacial score (nSPS) is 10.4. The lowest BCUT2D eigenvalue weighted by molar-refractivity contribution is 0.101. The lowest BCUT2D eigenvalue weighted by Crippen LogP contribution is -2.13. The third kappa shape index (κ3) is 5.18. The zero-order chi connectivity index (χ0) is 19.2. The van der Waals surface area contributed by atoms with Crippen molar-refractivity contribution < 1.29 is 18.4 Å². The van der Waals surface area contributed by atoms with E-state index in [1.807, 2.05) is 0 Å². The van der Waals surface area contributed by atoms with Gasteiger partial charge >= 0.3 is 0 Å². The molecule has 1 amide bonds. The molecule has 0 bridgehead atoms. The molecule has 0 atom stereocenters. The lowest BCUT2D eigenvalue weighted by Gasteiger charge is -2.05. The van der Waals surface area contributed by atoms with Crippen LogP contribution in [0.15, 0.2) is 65.7 Å². The van der Waals surface area contributed by atoms with Gasteiger partial charge in [-0.2, -0.15) is 0 Å². The first-order valence-electron chi connectivity index (χ1n) is 7.83. The highest BCUT2D eigenvalue weighted by molar-refractivity contribution is 7.99. The first kappa shape index (κ1) is 18.7. The second kappa shape index (κ2) is 8.50. The first-order valence-corrected chi connectivity index (χ1v) is 8.82. The van der Waals surface area contributed by atoms with E-state index >= 15 is 0 Å². The standard InChI is InChI=1S/C19H13F2N3O2S/c20-14-6-4-12(5-7-14)16(25)11-27-18-9-8-17(23-24-18)22-19(26)13-2-1-3-15(21)10-13/h1-10H,11H2,(H,22,23,26). The number of nitrogens with zero attached hydrogens (tertiary/aromatic N) is 2. The van der Waals surface area contributed by atoms with Gasteiger partial charge in [0.2, 0.25) is 0 Å². The molecule has 8 heteroatoms. The average molecular weight is 385 g/mol. The van der Waals surface area contributed by atoms with E-state index < -0.39 is 17.5 Å². The quantitative estimate of drug-likeness (QED) is 0.513. The predicted octanol–water partition coefficient (Wildman–Crippen LogP) is 3.98. The summed E-state index contributed by atoms with van der Waals surface area (Å²) in [6.07, 6.45) is 0. The Labute approximate surface area is 157 Å². The molecule has 0 saturated heterocycles. The fourth-order valence-corrected chi connectivity index (χ4v) is 2.85. The van der Waals surface area contributed by atoms with Crippen molar-refractivity contribution in [2.24, 2.45) is 0 Å². The van der Waals surface area contributed by atoms with Gasteiger partial charge in [0.1, 0.15) is 16.7 Å². The molecule has 1 N–H and O–H groups in total. The number of nitrogens with one attached hydrogen (secondary N) is 1. The molecule has 0 aliphatic heterocycles. The van der Waals surface area contributed by atoms with Crippen molar-refractivity contribution in [3.05, 3.63) is 83.4 Å². The minimum absolute atomic E-state index is 0.120. The van der Waals surface area contributed by atoms with Gasteiger partial charge in [0.05, 0.1) is 5.75 Å². The molecular formula is C19H13F2N3O2S. The first-order chi connectivity index (χ1) is 13.0. The summed E-state index contributed by atoms with van der Waals surface area (Å²) in [6.45, 7) is 0. The molecule has 0 unspecified atom stereocenters. The van der Waals surface area contributed by atoms with Gasteiger partial charge in [0.25, 0.3) is 5.91 Å². The molecule has 0 spiro atoms. The van der Waals surface area contributed by atoms with E-state index in [-0.39, 0.29) is 22.9 Å². The van der Waals surface area contributed by atoms with Gasteiger partial charge in [-0.05, 0) is 54.6 Å². The van der Waals surface area contributed by atoms with Crippen LogP contribution in [-0.2, 0) is 0 Å². The predicted molar refractivity (Wildman–Crippen MR) is 97.8 cm³/mol. The molecule has 0 saturated carbocycles. The summed E-state index contributed by atoms with van der Waals surface area (Å²) in [6, 6.07) is 13.7. The Balaban J connectivity index is 1.56. The van der Waals surface area contributed by atoms with Crippen LogP contribution in [0.25, 0.3) is 0 Å². The Kier molecular flexibility index (Phi) is 5.87. The molecule has 2 aromatic carbocycles. The molecular weight excluding hydrogens is 372 g/mol. The van der Waals surface area contributed by atoms with Gasteiger partial charge in [0, 0.05) is 11.1 Å². The molecule has 0 aliphatic rings. The zero-order valence-corrected chi connectivity index (χ0v) is 14.7. The number of hydrogen-bond acceptors (Lipinski definition) is 5. The van der Waals surface area contributed by atoms with Crippen molar-refractivity contribution in [3.63, 3.8) is 0 Å². The van der Waals surface area contributed by atoms with E-state index in [4.69, 9.17) is 0 Å². The number of anilines is 1. The summed E-state index contributed by atoms with van der Waals surface area (Å²) in [5.74, 6) is -1.25. The third-order valence-electron chi connectivity index (χ3n) is 3.49. The van der Waals surface area contributed by atoms with E-state index in [1.165, 1.54) is 60.3 Å². The van der Waals surface area contributed by atoms with Gasteiger partial charge in [-0.15, -0.1) is 10.2 Å².